The molecule has 18 heavy (non-hydrogen) atoms. The third kappa shape index (κ3) is 3.07. The zero-order valence-electron chi connectivity index (χ0n) is 10.4. The molecule has 0 atom stereocenters. The van der Waals surface area contributed by atoms with Crippen LogP contribution >= 0.6 is 0 Å². The van der Waals surface area contributed by atoms with E-state index in [4.69, 9.17) is 14.9 Å². The van der Waals surface area contributed by atoms with Crippen molar-refractivity contribution in [2.24, 2.45) is 5.73 Å². The van der Waals surface area contributed by atoms with Crippen molar-refractivity contribution >= 4 is 0 Å². The van der Waals surface area contributed by atoms with Crippen LogP contribution in [0.3, 0.4) is 0 Å². The van der Waals surface area contributed by atoms with Crippen molar-refractivity contribution in [2.45, 2.75) is 26.4 Å². The zero-order valence-corrected chi connectivity index (χ0v) is 10.4. The Hall–Kier alpha value is -1.88. The van der Waals surface area contributed by atoms with Crippen LogP contribution in [0.1, 0.15) is 24.3 Å². The maximum absolute atomic E-state index is 5.68. The fourth-order valence-corrected chi connectivity index (χ4v) is 1.64. The summed E-state index contributed by atoms with van der Waals surface area (Å²) in [7, 11) is 0. The highest BCUT2D eigenvalue weighted by Crippen LogP contribution is 2.19. The topological polar surface area (TPSA) is 74.2 Å². The maximum atomic E-state index is 5.68. The Morgan fingerprint density at radius 1 is 1.22 bits per heavy atom. The largest absolute Gasteiger partial charge is 0.484 e. The molecule has 1 aromatic heterocycles. The van der Waals surface area contributed by atoms with E-state index in [0.29, 0.717) is 18.3 Å². The van der Waals surface area contributed by atoms with Gasteiger partial charge in [0, 0.05) is 6.42 Å². The molecule has 0 saturated carbocycles. The first kappa shape index (κ1) is 12.6. The van der Waals surface area contributed by atoms with Gasteiger partial charge in [-0.05, 0) is 24.6 Å². The average Bonchev–Trinajstić information content (AvgIpc) is 2.86. The van der Waals surface area contributed by atoms with E-state index >= 15 is 0 Å². The van der Waals surface area contributed by atoms with Gasteiger partial charge >= 0.3 is 0 Å². The number of hydrogen-bond acceptors (Lipinski definition) is 5. The van der Waals surface area contributed by atoms with Crippen molar-refractivity contribution in [3.63, 3.8) is 0 Å². The second-order valence-corrected chi connectivity index (χ2v) is 3.88. The van der Waals surface area contributed by atoms with Crippen LogP contribution in [-0.2, 0) is 19.4 Å². The fraction of sp³-hybridized carbons (Fsp3) is 0.385. The standard InChI is InChI=1S/C13H17N3O2/c1-2-12-15-16-13(18-12)9-17-11-6-4-3-5-10(11)7-8-14/h3-6H,2,7-9,14H2,1H3. The average molecular weight is 247 g/mol. The zero-order chi connectivity index (χ0) is 12.8. The molecule has 1 heterocycles. The van der Waals surface area contributed by atoms with Crippen molar-refractivity contribution < 1.29 is 9.15 Å². The summed E-state index contributed by atoms with van der Waals surface area (Å²) >= 11 is 0. The number of hydrogen-bond donors (Lipinski definition) is 1. The highest BCUT2D eigenvalue weighted by Gasteiger charge is 2.07. The van der Waals surface area contributed by atoms with Gasteiger partial charge in [0.2, 0.25) is 5.89 Å². The summed E-state index contributed by atoms with van der Waals surface area (Å²) in [5.41, 5.74) is 6.65. The Labute approximate surface area is 106 Å². The molecule has 5 nitrogen and oxygen atoms in total. The van der Waals surface area contributed by atoms with E-state index in [0.717, 1.165) is 24.2 Å². The number of ether oxygens (including phenoxy) is 1. The van der Waals surface area contributed by atoms with E-state index in [9.17, 15) is 0 Å². The first-order valence-electron chi connectivity index (χ1n) is 6.05. The smallest absolute Gasteiger partial charge is 0.253 e. The third-order valence-corrected chi connectivity index (χ3v) is 2.55. The minimum atomic E-state index is 0.286. The van der Waals surface area contributed by atoms with Crippen LogP contribution in [0.25, 0.3) is 0 Å². The molecule has 96 valence electrons. The Morgan fingerprint density at radius 3 is 2.72 bits per heavy atom. The van der Waals surface area contributed by atoms with Crippen LogP contribution in [0.15, 0.2) is 28.7 Å². The van der Waals surface area contributed by atoms with Crippen molar-refractivity contribution in [1.29, 1.82) is 0 Å². The van der Waals surface area contributed by atoms with E-state index in [-0.39, 0.29) is 6.61 Å². The molecule has 0 aliphatic heterocycles. The minimum Gasteiger partial charge on any atom is -0.484 e. The Balaban J connectivity index is 2.01. The van der Waals surface area contributed by atoms with Gasteiger partial charge in [-0.15, -0.1) is 10.2 Å². The van der Waals surface area contributed by atoms with E-state index in [2.05, 4.69) is 10.2 Å². The van der Waals surface area contributed by atoms with Crippen LogP contribution in [0.5, 0.6) is 5.75 Å². The number of aryl methyl sites for hydroxylation is 1. The molecular formula is C13H17N3O2. The van der Waals surface area contributed by atoms with E-state index < -0.39 is 0 Å². The summed E-state index contributed by atoms with van der Waals surface area (Å²) in [4.78, 5) is 0. The van der Waals surface area contributed by atoms with Gasteiger partial charge in [0.1, 0.15) is 5.75 Å². The highest BCUT2D eigenvalue weighted by molar-refractivity contribution is 5.33. The Bertz CT molecular complexity index is 496. The van der Waals surface area contributed by atoms with Crippen molar-refractivity contribution in [3.8, 4) is 5.75 Å². The lowest BCUT2D eigenvalue weighted by Gasteiger charge is -2.08. The highest BCUT2D eigenvalue weighted by atomic mass is 16.5. The summed E-state index contributed by atoms with van der Waals surface area (Å²) < 4.78 is 11.1. The molecule has 0 aliphatic carbocycles. The number of para-hydroxylation sites is 1. The SMILES string of the molecule is CCc1nnc(COc2ccccc2CCN)o1. The molecule has 2 aromatic rings. The van der Waals surface area contributed by atoms with Gasteiger partial charge in [-0.3, -0.25) is 0 Å². The van der Waals surface area contributed by atoms with Gasteiger partial charge < -0.3 is 14.9 Å². The maximum Gasteiger partial charge on any atom is 0.253 e. The molecule has 0 amide bonds. The van der Waals surface area contributed by atoms with Crippen molar-refractivity contribution in [1.82, 2.24) is 10.2 Å². The van der Waals surface area contributed by atoms with Crippen LogP contribution in [0.2, 0.25) is 0 Å². The monoisotopic (exact) mass is 247 g/mol. The first-order chi connectivity index (χ1) is 8.83. The molecule has 5 heteroatoms. The molecule has 1 aromatic carbocycles. The molecule has 0 fully saturated rings. The molecule has 2 rings (SSSR count). The number of rotatable bonds is 6. The predicted molar refractivity (Wildman–Crippen MR) is 67.2 cm³/mol. The lowest BCUT2D eigenvalue weighted by atomic mass is 10.1. The molecule has 0 spiro atoms. The van der Waals surface area contributed by atoms with Crippen molar-refractivity contribution in [2.75, 3.05) is 6.54 Å². The first-order valence-corrected chi connectivity index (χ1v) is 6.05. The van der Waals surface area contributed by atoms with Gasteiger partial charge in [0.15, 0.2) is 6.61 Å². The third-order valence-electron chi connectivity index (χ3n) is 2.55. The quantitative estimate of drug-likeness (QED) is 0.841. The number of nitrogens with two attached hydrogens (primary N) is 1. The summed E-state index contributed by atoms with van der Waals surface area (Å²) in [5, 5.41) is 7.80. The summed E-state index contributed by atoms with van der Waals surface area (Å²) in [5.74, 6) is 1.94. The summed E-state index contributed by atoms with van der Waals surface area (Å²) in [6.07, 6.45) is 1.52. The molecule has 0 bridgehead atoms. The number of nitrogens with zero attached hydrogens (tertiary/aromatic N) is 2. The van der Waals surface area contributed by atoms with Gasteiger partial charge in [0.05, 0.1) is 0 Å². The van der Waals surface area contributed by atoms with E-state index in [1.54, 1.807) is 0 Å². The van der Waals surface area contributed by atoms with Gasteiger partial charge in [-0.2, -0.15) is 0 Å². The van der Waals surface area contributed by atoms with Crippen molar-refractivity contribution in [3.05, 3.63) is 41.6 Å². The van der Waals surface area contributed by atoms with E-state index in [1.165, 1.54) is 0 Å². The van der Waals surface area contributed by atoms with Crippen LogP contribution in [0, 0.1) is 0 Å². The second kappa shape index (κ2) is 6.16. The molecular weight excluding hydrogens is 230 g/mol. The van der Waals surface area contributed by atoms with Gasteiger partial charge in [0.25, 0.3) is 5.89 Å². The fourth-order valence-electron chi connectivity index (χ4n) is 1.64. The Kier molecular flexibility index (Phi) is 4.30. The van der Waals surface area contributed by atoms with Gasteiger partial charge in [-0.1, -0.05) is 25.1 Å². The lowest BCUT2D eigenvalue weighted by molar-refractivity contribution is 0.257. The summed E-state index contributed by atoms with van der Waals surface area (Å²) in [6.45, 7) is 2.85. The Morgan fingerprint density at radius 2 is 2.00 bits per heavy atom. The van der Waals surface area contributed by atoms with E-state index in [1.807, 2.05) is 31.2 Å². The van der Waals surface area contributed by atoms with Crippen LogP contribution in [-0.4, -0.2) is 16.7 Å². The van der Waals surface area contributed by atoms with Crippen LogP contribution < -0.4 is 10.5 Å². The lowest BCUT2D eigenvalue weighted by Crippen LogP contribution is -2.05. The molecule has 2 N–H and O–H groups in total. The summed E-state index contributed by atoms with van der Waals surface area (Å²) in [6, 6.07) is 7.83. The predicted octanol–water partition coefficient (Wildman–Crippen LogP) is 1.71. The molecule has 0 saturated heterocycles. The minimum absolute atomic E-state index is 0.286. The van der Waals surface area contributed by atoms with Gasteiger partial charge in [-0.25, -0.2) is 0 Å². The second-order valence-electron chi connectivity index (χ2n) is 3.88. The van der Waals surface area contributed by atoms with Crippen LogP contribution in [0.4, 0.5) is 0 Å². The number of aromatic nitrogens is 2. The number of benzene rings is 1. The normalized spacial score (nSPS) is 10.6. The molecule has 0 unspecified atom stereocenters. The molecule has 0 radical (unpaired) electrons. The molecule has 0 aliphatic rings.